The van der Waals surface area contributed by atoms with Crippen molar-refractivity contribution in [2.75, 3.05) is 32.1 Å². The van der Waals surface area contributed by atoms with E-state index in [-0.39, 0.29) is 42.2 Å². The minimum absolute atomic E-state index is 0.0444. The average Bonchev–Trinajstić information content (AvgIpc) is 2.95. The fraction of sp³-hybridized carbons (Fsp3) is 0.516. The van der Waals surface area contributed by atoms with E-state index in [1.807, 2.05) is 20.9 Å². The molecule has 0 saturated heterocycles. The normalized spacial score (nSPS) is 20.4. The molecule has 0 aromatic heterocycles. The topological polar surface area (TPSA) is 131 Å². The molecule has 2 aromatic rings. The van der Waals surface area contributed by atoms with E-state index in [0.29, 0.717) is 36.6 Å². The lowest BCUT2D eigenvalue weighted by molar-refractivity contribution is 0.0341. The Kier molecular flexibility index (Phi) is 10.2. The van der Waals surface area contributed by atoms with E-state index < -0.39 is 12.0 Å². The number of aliphatic hydroxyl groups is 1. The number of benzene rings is 2. The maximum atomic E-state index is 13.7. The van der Waals surface area contributed by atoms with Crippen LogP contribution in [0.2, 0.25) is 0 Å². The maximum Gasteiger partial charge on any atom is 0.335 e. The van der Waals surface area contributed by atoms with Crippen molar-refractivity contribution in [2.24, 2.45) is 5.92 Å². The molecule has 10 nitrogen and oxygen atoms in total. The first-order valence-electron chi connectivity index (χ1n) is 14.5. The zero-order valence-electron chi connectivity index (χ0n) is 24.1. The number of hydrogen-bond donors (Lipinski definition) is 4. The number of carbonyl (C=O) groups is 3. The number of nitrogens with zero attached hydrogens (tertiary/aromatic N) is 2. The number of nitrogens with one attached hydrogen (secondary N) is 2. The Morgan fingerprint density at radius 1 is 1.12 bits per heavy atom. The summed E-state index contributed by atoms with van der Waals surface area (Å²) in [6.07, 6.45) is 5.09. The standard InChI is InChI=1S/C31H42N4O6/c1-20-16-35(21(2)19-36)29(37)26-15-25(33-31(40)32-24-7-5-4-6-8-24)13-14-27(26)41-28(20)18-34(3)17-22-9-11-23(12-10-22)30(38)39/h9-15,20-21,24,28,36H,4-8,16-19H2,1-3H3,(H,38,39)(H2,32,33,40)/t20-,21-,28+/m0/s1. The molecule has 2 aromatic carbocycles. The number of hydrogen-bond acceptors (Lipinski definition) is 6. The number of amides is 3. The Labute approximate surface area is 241 Å². The van der Waals surface area contributed by atoms with Gasteiger partial charge in [0.05, 0.1) is 23.8 Å². The maximum absolute atomic E-state index is 13.7. The molecule has 4 N–H and O–H groups in total. The average molecular weight is 567 g/mol. The number of urea groups is 1. The van der Waals surface area contributed by atoms with Gasteiger partial charge in [0.25, 0.3) is 5.91 Å². The highest BCUT2D eigenvalue weighted by Crippen LogP contribution is 2.31. The van der Waals surface area contributed by atoms with Gasteiger partial charge in [0.15, 0.2) is 0 Å². The number of rotatable bonds is 9. The van der Waals surface area contributed by atoms with Crippen LogP contribution in [-0.4, -0.2) is 82.9 Å². The monoisotopic (exact) mass is 566 g/mol. The molecule has 41 heavy (non-hydrogen) atoms. The Morgan fingerprint density at radius 3 is 2.49 bits per heavy atom. The molecular formula is C31H42N4O6. The van der Waals surface area contributed by atoms with Crippen LogP contribution < -0.4 is 15.4 Å². The van der Waals surface area contributed by atoms with Gasteiger partial charge in [-0.3, -0.25) is 9.69 Å². The van der Waals surface area contributed by atoms with E-state index in [1.54, 1.807) is 47.4 Å². The van der Waals surface area contributed by atoms with Gasteiger partial charge < -0.3 is 30.5 Å². The van der Waals surface area contributed by atoms with Crippen LogP contribution in [0.15, 0.2) is 42.5 Å². The fourth-order valence-electron chi connectivity index (χ4n) is 5.55. The summed E-state index contributed by atoms with van der Waals surface area (Å²) < 4.78 is 6.46. The Balaban J connectivity index is 1.51. The predicted octanol–water partition coefficient (Wildman–Crippen LogP) is 4.19. The summed E-state index contributed by atoms with van der Waals surface area (Å²) >= 11 is 0. The highest BCUT2D eigenvalue weighted by molar-refractivity contribution is 5.99. The Bertz CT molecular complexity index is 1210. The molecule has 1 fully saturated rings. The zero-order valence-corrected chi connectivity index (χ0v) is 24.1. The first-order chi connectivity index (χ1) is 19.6. The first kappa shape index (κ1) is 30.3. The Hall–Kier alpha value is -3.63. The number of carboxylic acids is 1. The lowest BCUT2D eigenvalue weighted by Gasteiger charge is -2.38. The minimum Gasteiger partial charge on any atom is -0.488 e. The highest BCUT2D eigenvalue weighted by atomic mass is 16.5. The van der Waals surface area contributed by atoms with Crippen molar-refractivity contribution in [3.8, 4) is 5.75 Å². The van der Waals surface area contributed by atoms with Crippen LogP contribution in [0.1, 0.15) is 72.2 Å². The SMILES string of the molecule is C[C@H]1CN([C@@H](C)CO)C(=O)c2cc(NC(=O)NC3CCCCC3)ccc2O[C@@H]1CN(C)Cc1ccc(C(=O)O)cc1. The number of carbonyl (C=O) groups excluding carboxylic acids is 2. The summed E-state index contributed by atoms with van der Waals surface area (Å²) in [6, 6.07) is 11.4. The zero-order chi connectivity index (χ0) is 29.5. The molecular weight excluding hydrogens is 524 g/mol. The van der Waals surface area contributed by atoms with Gasteiger partial charge in [0.2, 0.25) is 0 Å². The van der Waals surface area contributed by atoms with Crippen LogP contribution in [0.25, 0.3) is 0 Å². The van der Waals surface area contributed by atoms with Crippen LogP contribution in [0.3, 0.4) is 0 Å². The third-order valence-electron chi connectivity index (χ3n) is 8.01. The number of fused-ring (bicyclic) bond motifs is 1. The molecule has 4 rings (SSSR count). The summed E-state index contributed by atoms with van der Waals surface area (Å²) in [5, 5.41) is 25.0. The van der Waals surface area contributed by atoms with Crippen LogP contribution in [0.5, 0.6) is 5.75 Å². The van der Waals surface area contributed by atoms with Crippen molar-refractivity contribution in [3.63, 3.8) is 0 Å². The molecule has 222 valence electrons. The van der Waals surface area contributed by atoms with Gasteiger partial charge in [0, 0.05) is 37.3 Å². The van der Waals surface area contributed by atoms with Crippen molar-refractivity contribution < 1.29 is 29.3 Å². The molecule has 0 bridgehead atoms. The molecule has 3 atom stereocenters. The number of aliphatic hydroxyl groups excluding tert-OH is 1. The lowest BCUT2D eigenvalue weighted by atomic mass is 9.96. The van der Waals surface area contributed by atoms with E-state index in [1.165, 1.54) is 6.42 Å². The lowest BCUT2D eigenvalue weighted by Crippen LogP contribution is -2.49. The van der Waals surface area contributed by atoms with E-state index in [9.17, 15) is 19.5 Å². The minimum atomic E-state index is -0.959. The molecule has 10 heteroatoms. The van der Waals surface area contributed by atoms with E-state index in [4.69, 9.17) is 9.84 Å². The second kappa shape index (κ2) is 13.8. The summed E-state index contributed by atoms with van der Waals surface area (Å²) in [4.78, 5) is 41.3. The molecule has 1 aliphatic heterocycles. The van der Waals surface area contributed by atoms with Crippen molar-refractivity contribution in [1.82, 2.24) is 15.1 Å². The van der Waals surface area contributed by atoms with Gasteiger partial charge in [0.1, 0.15) is 11.9 Å². The number of carboxylic acid groups (broad SMARTS) is 1. The van der Waals surface area contributed by atoms with Crippen LogP contribution in [0.4, 0.5) is 10.5 Å². The van der Waals surface area contributed by atoms with Gasteiger partial charge >= 0.3 is 12.0 Å². The summed E-state index contributed by atoms with van der Waals surface area (Å²) in [5.74, 6) is -0.828. The Morgan fingerprint density at radius 2 is 1.83 bits per heavy atom. The second-order valence-electron chi connectivity index (χ2n) is 11.5. The summed E-state index contributed by atoms with van der Waals surface area (Å²) in [5.41, 5.74) is 2.06. The molecule has 0 radical (unpaired) electrons. The number of likely N-dealkylation sites (N-methyl/N-ethyl adjacent to an activating group) is 1. The van der Waals surface area contributed by atoms with Crippen LogP contribution in [-0.2, 0) is 6.54 Å². The third kappa shape index (κ3) is 7.98. The van der Waals surface area contributed by atoms with Crippen molar-refractivity contribution in [1.29, 1.82) is 0 Å². The quantitative estimate of drug-likeness (QED) is 0.358. The smallest absolute Gasteiger partial charge is 0.335 e. The number of anilines is 1. The molecule has 2 aliphatic rings. The predicted molar refractivity (Wildman–Crippen MR) is 156 cm³/mol. The van der Waals surface area contributed by atoms with Gasteiger partial charge in [-0.05, 0) is 62.7 Å². The number of aromatic carboxylic acids is 1. The van der Waals surface area contributed by atoms with Crippen molar-refractivity contribution >= 4 is 23.6 Å². The molecule has 1 aliphatic carbocycles. The number of ether oxygens (including phenoxy) is 1. The van der Waals surface area contributed by atoms with E-state index in [0.717, 1.165) is 31.2 Å². The largest absolute Gasteiger partial charge is 0.488 e. The first-order valence-corrected chi connectivity index (χ1v) is 14.5. The summed E-state index contributed by atoms with van der Waals surface area (Å²) in [7, 11) is 1.97. The van der Waals surface area contributed by atoms with Gasteiger partial charge in [-0.1, -0.05) is 38.3 Å². The second-order valence-corrected chi connectivity index (χ2v) is 11.5. The molecule has 1 saturated carbocycles. The fourth-order valence-corrected chi connectivity index (χ4v) is 5.55. The molecule has 3 amide bonds. The van der Waals surface area contributed by atoms with E-state index in [2.05, 4.69) is 15.5 Å². The molecule has 0 unspecified atom stereocenters. The van der Waals surface area contributed by atoms with Crippen LogP contribution in [0, 0.1) is 5.92 Å². The van der Waals surface area contributed by atoms with Gasteiger partial charge in [-0.15, -0.1) is 0 Å². The van der Waals surface area contributed by atoms with Crippen molar-refractivity contribution in [2.45, 2.75) is 70.7 Å². The van der Waals surface area contributed by atoms with E-state index >= 15 is 0 Å². The van der Waals surface area contributed by atoms with Crippen molar-refractivity contribution in [3.05, 3.63) is 59.2 Å². The van der Waals surface area contributed by atoms with Gasteiger partial charge in [-0.25, -0.2) is 9.59 Å². The summed E-state index contributed by atoms with van der Waals surface area (Å²) in [6.45, 7) is 5.21. The molecule has 0 spiro atoms. The highest BCUT2D eigenvalue weighted by Gasteiger charge is 2.33. The molecule has 1 heterocycles. The third-order valence-corrected chi connectivity index (χ3v) is 8.01. The van der Waals surface area contributed by atoms with Gasteiger partial charge in [-0.2, -0.15) is 0 Å². The van der Waals surface area contributed by atoms with Crippen LogP contribution >= 0.6 is 0 Å².